The second-order valence-corrected chi connectivity index (χ2v) is 6.90. The largest absolute Gasteiger partial charge is 0.416 e. The summed E-state index contributed by atoms with van der Waals surface area (Å²) in [7, 11) is 0. The first-order chi connectivity index (χ1) is 14.3. The van der Waals surface area contributed by atoms with Crippen LogP contribution in [0.25, 0.3) is 22.8 Å². The highest BCUT2D eigenvalue weighted by Crippen LogP contribution is 2.30. The maximum absolute atomic E-state index is 13.0. The van der Waals surface area contributed by atoms with Crippen molar-refractivity contribution in [2.24, 2.45) is 0 Å². The zero-order chi connectivity index (χ0) is 21.5. The van der Waals surface area contributed by atoms with Crippen molar-refractivity contribution in [1.29, 1.82) is 0 Å². The molecule has 0 spiro atoms. The van der Waals surface area contributed by atoms with Crippen LogP contribution in [0.4, 0.5) is 13.2 Å². The van der Waals surface area contributed by atoms with E-state index >= 15 is 0 Å². The molecule has 0 amide bonds. The fourth-order valence-corrected chi connectivity index (χ4v) is 3.59. The monoisotopic (exact) mass is 409 g/mol. The van der Waals surface area contributed by atoms with E-state index in [1.807, 2.05) is 28.8 Å². The summed E-state index contributed by atoms with van der Waals surface area (Å²) in [6.07, 6.45) is -0.0214. The van der Waals surface area contributed by atoms with E-state index in [4.69, 9.17) is 0 Å². The van der Waals surface area contributed by atoms with Gasteiger partial charge in [-0.05, 0) is 42.8 Å². The Balaban J connectivity index is 1.80. The van der Waals surface area contributed by atoms with E-state index in [-0.39, 0.29) is 5.78 Å². The quantitative estimate of drug-likeness (QED) is 0.241. The first kappa shape index (κ1) is 19.7. The molecule has 0 atom stereocenters. The number of imidazole rings is 1. The number of nitrogens with zero attached hydrogens (tertiary/aromatic N) is 3. The van der Waals surface area contributed by atoms with Crippen LogP contribution >= 0.6 is 0 Å². The van der Waals surface area contributed by atoms with Crippen LogP contribution in [0.5, 0.6) is 0 Å². The summed E-state index contributed by atoms with van der Waals surface area (Å²) in [6.45, 7) is 6.02. The molecule has 4 rings (SSSR count). The third kappa shape index (κ3) is 3.32. The van der Waals surface area contributed by atoms with Crippen molar-refractivity contribution in [1.82, 2.24) is 14.2 Å². The Bertz CT molecular complexity index is 1310. The number of para-hydroxylation sites is 2. The van der Waals surface area contributed by atoms with Gasteiger partial charge < -0.3 is 4.57 Å². The predicted molar refractivity (Wildman–Crippen MR) is 110 cm³/mol. The van der Waals surface area contributed by atoms with E-state index < -0.39 is 11.7 Å². The van der Waals surface area contributed by atoms with Crippen LogP contribution in [0.3, 0.4) is 0 Å². The molecule has 0 saturated carbocycles. The minimum absolute atomic E-state index is 0.297. The highest BCUT2D eigenvalue weighted by atomic mass is 19.4. The number of ketones is 1. The Kier molecular flexibility index (Phi) is 4.81. The summed E-state index contributed by atoms with van der Waals surface area (Å²) in [5, 5.41) is 4.52. The lowest BCUT2D eigenvalue weighted by atomic mass is 10.1. The van der Waals surface area contributed by atoms with Gasteiger partial charge >= 0.3 is 6.18 Å². The van der Waals surface area contributed by atoms with Crippen LogP contribution < -0.4 is 0 Å². The van der Waals surface area contributed by atoms with E-state index in [9.17, 15) is 18.0 Å². The summed E-state index contributed by atoms with van der Waals surface area (Å²) in [5.74, 6) is -0.326. The molecule has 2 aromatic carbocycles. The number of aromatic nitrogens is 3. The molecular weight excluding hydrogens is 391 g/mol. The second kappa shape index (κ2) is 7.33. The van der Waals surface area contributed by atoms with Gasteiger partial charge in [0.1, 0.15) is 5.65 Å². The van der Waals surface area contributed by atoms with Crippen molar-refractivity contribution in [3.8, 4) is 0 Å². The van der Waals surface area contributed by atoms with Gasteiger partial charge in [0.25, 0.3) is 0 Å². The Morgan fingerprint density at radius 2 is 1.87 bits per heavy atom. The summed E-state index contributed by atoms with van der Waals surface area (Å²) in [6, 6.07) is 12.5. The van der Waals surface area contributed by atoms with Crippen LogP contribution in [0.1, 0.15) is 27.2 Å². The van der Waals surface area contributed by atoms with Gasteiger partial charge in [-0.1, -0.05) is 36.4 Å². The molecule has 0 aliphatic heterocycles. The van der Waals surface area contributed by atoms with Gasteiger partial charge in [-0.15, -0.1) is 6.58 Å². The molecule has 0 aliphatic rings. The van der Waals surface area contributed by atoms with Crippen molar-refractivity contribution in [3.05, 3.63) is 89.6 Å². The summed E-state index contributed by atoms with van der Waals surface area (Å²) < 4.78 is 42.4. The number of fused-ring (bicyclic) bond motifs is 3. The molecule has 4 aromatic rings. The molecule has 0 saturated heterocycles. The molecule has 2 heterocycles. The number of rotatable bonds is 5. The predicted octanol–water partition coefficient (Wildman–Crippen LogP) is 5.70. The number of aryl methyl sites for hydroxylation is 1. The lowest BCUT2D eigenvalue weighted by molar-refractivity contribution is -0.137. The van der Waals surface area contributed by atoms with Gasteiger partial charge in [-0.3, -0.25) is 4.79 Å². The molecule has 0 radical (unpaired) electrons. The van der Waals surface area contributed by atoms with Gasteiger partial charge in [0, 0.05) is 6.54 Å². The standard InChI is InChI=1S/C23H18F3N3O/c1-3-13-28-18-9-4-5-10-19(18)29-22(28)21(15(2)27-29)20(30)12-11-16-7-6-8-17(14-16)23(24,25)26/h3-12,14H,1,13H2,2H3. The van der Waals surface area contributed by atoms with Crippen LogP contribution in [0.15, 0.2) is 67.3 Å². The number of hydrogen-bond acceptors (Lipinski definition) is 2. The van der Waals surface area contributed by atoms with Crippen LogP contribution in [-0.2, 0) is 12.7 Å². The summed E-state index contributed by atoms with van der Waals surface area (Å²) in [5.41, 5.74) is 2.91. The summed E-state index contributed by atoms with van der Waals surface area (Å²) in [4.78, 5) is 13.0. The summed E-state index contributed by atoms with van der Waals surface area (Å²) >= 11 is 0. The normalized spacial score (nSPS) is 12.3. The van der Waals surface area contributed by atoms with Crippen molar-refractivity contribution >= 4 is 28.5 Å². The number of carbonyl (C=O) groups excluding carboxylic acids is 1. The minimum Gasteiger partial charge on any atom is -0.320 e. The molecule has 2 aromatic heterocycles. The number of benzene rings is 2. The molecule has 4 nitrogen and oxygen atoms in total. The number of alkyl halides is 3. The third-order valence-corrected chi connectivity index (χ3v) is 4.89. The number of halogens is 3. The molecule has 0 N–H and O–H groups in total. The second-order valence-electron chi connectivity index (χ2n) is 6.90. The zero-order valence-electron chi connectivity index (χ0n) is 16.1. The first-order valence-electron chi connectivity index (χ1n) is 9.28. The SMILES string of the molecule is C=CCn1c2ccccc2n2nc(C)c(C(=O)C=Cc3cccc(C(F)(F)F)c3)c12. The maximum atomic E-state index is 13.0. The lowest BCUT2D eigenvalue weighted by Crippen LogP contribution is -2.04. The van der Waals surface area contributed by atoms with Gasteiger partial charge in [0.2, 0.25) is 0 Å². The number of allylic oxidation sites excluding steroid dienone is 2. The first-order valence-corrected chi connectivity index (χ1v) is 9.28. The van der Waals surface area contributed by atoms with Gasteiger partial charge in [0.05, 0.1) is 27.9 Å². The molecule has 152 valence electrons. The van der Waals surface area contributed by atoms with E-state index in [1.54, 1.807) is 17.5 Å². The maximum Gasteiger partial charge on any atom is 0.416 e. The minimum atomic E-state index is -4.44. The van der Waals surface area contributed by atoms with Crippen LogP contribution in [0.2, 0.25) is 0 Å². The lowest BCUT2D eigenvalue weighted by Gasteiger charge is -2.06. The average Bonchev–Trinajstić information content (AvgIpc) is 3.20. The van der Waals surface area contributed by atoms with Crippen molar-refractivity contribution in [3.63, 3.8) is 0 Å². The Morgan fingerprint density at radius 1 is 1.13 bits per heavy atom. The van der Waals surface area contributed by atoms with Gasteiger partial charge in [-0.2, -0.15) is 18.3 Å². The number of carbonyl (C=O) groups is 1. The Morgan fingerprint density at radius 3 is 2.57 bits per heavy atom. The Hall–Kier alpha value is -3.61. The van der Waals surface area contributed by atoms with E-state index in [0.717, 1.165) is 23.2 Å². The van der Waals surface area contributed by atoms with Crippen LogP contribution in [0, 0.1) is 6.92 Å². The molecule has 0 unspecified atom stereocenters. The molecular formula is C23H18F3N3O. The molecule has 0 bridgehead atoms. The highest BCUT2D eigenvalue weighted by Gasteiger charge is 2.30. The topological polar surface area (TPSA) is 39.3 Å². The fourth-order valence-electron chi connectivity index (χ4n) is 3.59. The highest BCUT2D eigenvalue weighted by molar-refractivity contribution is 6.12. The molecule has 7 heteroatoms. The fraction of sp³-hybridized carbons (Fsp3) is 0.130. The number of hydrogen-bond donors (Lipinski definition) is 0. The van der Waals surface area contributed by atoms with Crippen molar-refractivity contribution in [2.75, 3.05) is 0 Å². The van der Waals surface area contributed by atoms with E-state index in [1.165, 1.54) is 24.3 Å². The zero-order valence-corrected chi connectivity index (χ0v) is 16.1. The molecule has 0 fully saturated rings. The van der Waals surface area contributed by atoms with Gasteiger partial charge in [0.15, 0.2) is 5.78 Å². The molecule has 30 heavy (non-hydrogen) atoms. The third-order valence-electron chi connectivity index (χ3n) is 4.89. The van der Waals surface area contributed by atoms with E-state index in [0.29, 0.717) is 29.0 Å². The smallest absolute Gasteiger partial charge is 0.320 e. The van der Waals surface area contributed by atoms with Gasteiger partial charge in [-0.25, -0.2) is 4.52 Å². The molecule has 0 aliphatic carbocycles. The van der Waals surface area contributed by atoms with Crippen molar-refractivity contribution < 1.29 is 18.0 Å². The van der Waals surface area contributed by atoms with Crippen molar-refractivity contribution in [2.45, 2.75) is 19.6 Å². The Labute approximate surface area is 170 Å². The van der Waals surface area contributed by atoms with E-state index in [2.05, 4.69) is 11.7 Å². The van der Waals surface area contributed by atoms with Crippen LogP contribution in [-0.4, -0.2) is 20.0 Å². The average molecular weight is 409 g/mol.